The second kappa shape index (κ2) is 5.67. The number of pyridine rings is 1. The molecule has 0 bridgehead atoms. The number of rotatable bonds is 3. The Balaban J connectivity index is 2.19. The van der Waals surface area contributed by atoms with Gasteiger partial charge in [-0.3, -0.25) is 0 Å². The number of anilines is 1. The summed E-state index contributed by atoms with van der Waals surface area (Å²) in [6.07, 6.45) is 5.61. The molecule has 0 aromatic carbocycles. The first kappa shape index (κ1) is 13.3. The molecule has 1 aromatic heterocycles. The Morgan fingerprint density at radius 3 is 2.72 bits per heavy atom. The van der Waals surface area contributed by atoms with Gasteiger partial charge in [-0.05, 0) is 37.0 Å². The van der Waals surface area contributed by atoms with Gasteiger partial charge in [0, 0.05) is 13.2 Å². The van der Waals surface area contributed by atoms with Crippen LogP contribution in [0.25, 0.3) is 0 Å². The van der Waals surface area contributed by atoms with Gasteiger partial charge in [0.15, 0.2) is 0 Å². The Morgan fingerprint density at radius 1 is 1.39 bits per heavy atom. The fourth-order valence-corrected chi connectivity index (χ4v) is 2.78. The second-order valence-electron chi connectivity index (χ2n) is 5.17. The molecular formula is C14H22N2O2. The van der Waals surface area contributed by atoms with Crippen molar-refractivity contribution >= 4 is 5.82 Å². The summed E-state index contributed by atoms with van der Waals surface area (Å²) in [5, 5.41) is 19.2. The Morgan fingerprint density at radius 2 is 2.11 bits per heavy atom. The highest BCUT2D eigenvalue weighted by molar-refractivity contribution is 5.47. The van der Waals surface area contributed by atoms with Crippen LogP contribution in [-0.2, 0) is 6.61 Å². The first-order valence-corrected chi connectivity index (χ1v) is 6.60. The molecule has 2 rings (SSSR count). The lowest BCUT2D eigenvalue weighted by molar-refractivity contribution is 0.106. The largest absolute Gasteiger partial charge is 0.392 e. The van der Waals surface area contributed by atoms with Crippen LogP contribution in [0, 0.1) is 6.92 Å². The van der Waals surface area contributed by atoms with Gasteiger partial charge in [-0.2, -0.15) is 0 Å². The highest BCUT2D eigenvalue weighted by Crippen LogP contribution is 2.27. The van der Waals surface area contributed by atoms with Crippen molar-refractivity contribution in [3.05, 3.63) is 23.4 Å². The van der Waals surface area contributed by atoms with E-state index < -0.39 is 0 Å². The topological polar surface area (TPSA) is 56.6 Å². The summed E-state index contributed by atoms with van der Waals surface area (Å²) < 4.78 is 0. The molecule has 1 saturated carbocycles. The average Bonchev–Trinajstić information content (AvgIpc) is 2.38. The van der Waals surface area contributed by atoms with Crippen LogP contribution < -0.4 is 4.90 Å². The fraction of sp³-hybridized carbons (Fsp3) is 0.643. The standard InChI is InChI=1S/C14H22N2O2/c1-10-7-11(9-17)8-15-14(10)16(2)12-5-3-4-6-13(12)18/h7-8,12-13,17-18H,3-6,9H2,1-2H3. The van der Waals surface area contributed by atoms with Gasteiger partial charge in [0.2, 0.25) is 0 Å². The Labute approximate surface area is 108 Å². The van der Waals surface area contributed by atoms with E-state index in [2.05, 4.69) is 9.88 Å². The predicted octanol–water partition coefficient (Wildman–Crippen LogP) is 1.62. The van der Waals surface area contributed by atoms with E-state index in [0.29, 0.717) is 0 Å². The van der Waals surface area contributed by atoms with Gasteiger partial charge in [0.25, 0.3) is 0 Å². The molecule has 0 saturated heterocycles. The number of aromatic nitrogens is 1. The summed E-state index contributed by atoms with van der Waals surface area (Å²) >= 11 is 0. The summed E-state index contributed by atoms with van der Waals surface area (Å²) in [7, 11) is 1.99. The molecule has 0 spiro atoms. The van der Waals surface area contributed by atoms with E-state index in [9.17, 15) is 5.11 Å². The van der Waals surface area contributed by atoms with E-state index in [4.69, 9.17) is 5.11 Å². The van der Waals surface area contributed by atoms with Crippen molar-refractivity contribution in [1.29, 1.82) is 0 Å². The predicted molar refractivity (Wildman–Crippen MR) is 71.6 cm³/mol. The molecular weight excluding hydrogens is 228 g/mol. The summed E-state index contributed by atoms with van der Waals surface area (Å²) in [5.41, 5.74) is 1.87. The number of aryl methyl sites for hydroxylation is 1. The van der Waals surface area contributed by atoms with E-state index in [1.807, 2.05) is 20.0 Å². The van der Waals surface area contributed by atoms with Crippen LogP contribution in [0.1, 0.15) is 36.8 Å². The van der Waals surface area contributed by atoms with Crippen LogP contribution in [0.5, 0.6) is 0 Å². The zero-order chi connectivity index (χ0) is 13.1. The first-order chi connectivity index (χ1) is 8.63. The Hall–Kier alpha value is -1.13. The summed E-state index contributed by atoms with van der Waals surface area (Å²) in [6, 6.07) is 2.11. The monoisotopic (exact) mass is 250 g/mol. The van der Waals surface area contributed by atoms with E-state index >= 15 is 0 Å². The minimum Gasteiger partial charge on any atom is -0.392 e. The average molecular weight is 250 g/mol. The fourth-order valence-electron chi connectivity index (χ4n) is 2.78. The molecule has 2 unspecified atom stereocenters. The molecule has 2 atom stereocenters. The summed E-state index contributed by atoms with van der Waals surface area (Å²) in [6.45, 7) is 2.01. The van der Waals surface area contributed by atoms with Crippen molar-refractivity contribution in [2.45, 2.75) is 51.4 Å². The van der Waals surface area contributed by atoms with Crippen LogP contribution in [0.15, 0.2) is 12.3 Å². The SMILES string of the molecule is Cc1cc(CO)cnc1N(C)C1CCCCC1O. The van der Waals surface area contributed by atoms with Gasteiger partial charge in [-0.15, -0.1) is 0 Å². The molecule has 4 heteroatoms. The molecule has 1 aliphatic carbocycles. The number of nitrogens with zero attached hydrogens (tertiary/aromatic N) is 2. The van der Waals surface area contributed by atoms with Crippen molar-refractivity contribution in [3.8, 4) is 0 Å². The second-order valence-corrected chi connectivity index (χ2v) is 5.17. The van der Waals surface area contributed by atoms with Crippen LogP contribution in [0.2, 0.25) is 0 Å². The first-order valence-electron chi connectivity index (χ1n) is 6.60. The molecule has 1 fully saturated rings. The molecule has 100 valence electrons. The van der Waals surface area contributed by atoms with Crippen LogP contribution in [0.4, 0.5) is 5.82 Å². The van der Waals surface area contributed by atoms with Crippen molar-refractivity contribution in [1.82, 2.24) is 4.98 Å². The van der Waals surface area contributed by atoms with Gasteiger partial charge >= 0.3 is 0 Å². The molecule has 1 aliphatic rings. The maximum Gasteiger partial charge on any atom is 0.131 e. The van der Waals surface area contributed by atoms with Gasteiger partial charge in [-0.25, -0.2) is 4.98 Å². The molecule has 0 aliphatic heterocycles. The van der Waals surface area contributed by atoms with E-state index in [-0.39, 0.29) is 18.8 Å². The van der Waals surface area contributed by atoms with Crippen molar-refractivity contribution in [2.75, 3.05) is 11.9 Å². The minimum atomic E-state index is -0.262. The molecule has 0 amide bonds. The minimum absolute atomic E-state index is 0.0177. The normalized spacial score (nSPS) is 24.0. The van der Waals surface area contributed by atoms with Crippen molar-refractivity contribution in [3.63, 3.8) is 0 Å². The van der Waals surface area contributed by atoms with E-state index in [1.165, 1.54) is 6.42 Å². The maximum atomic E-state index is 10.1. The lowest BCUT2D eigenvalue weighted by atomic mass is 9.91. The summed E-state index contributed by atoms with van der Waals surface area (Å²) in [5.74, 6) is 0.901. The van der Waals surface area contributed by atoms with E-state index in [0.717, 1.165) is 36.2 Å². The van der Waals surface area contributed by atoms with Crippen LogP contribution in [0.3, 0.4) is 0 Å². The molecule has 1 aromatic rings. The number of hydrogen-bond acceptors (Lipinski definition) is 4. The van der Waals surface area contributed by atoms with Crippen molar-refractivity contribution in [2.24, 2.45) is 0 Å². The number of likely N-dealkylation sites (N-methyl/N-ethyl adjacent to an activating group) is 1. The molecule has 0 radical (unpaired) electrons. The van der Waals surface area contributed by atoms with Gasteiger partial charge in [-0.1, -0.05) is 12.8 Å². The molecule has 18 heavy (non-hydrogen) atoms. The highest BCUT2D eigenvalue weighted by atomic mass is 16.3. The van der Waals surface area contributed by atoms with Crippen LogP contribution >= 0.6 is 0 Å². The molecule has 2 N–H and O–H groups in total. The quantitative estimate of drug-likeness (QED) is 0.856. The third-order valence-electron chi connectivity index (χ3n) is 3.82. The van der Waals surface area contributed by atoms with Gasteiger partial charge in [0.05, 0.1) is 18.8 Å². The zero-order valence-electron chi connectivity index (χ0n) is 11.1. The van der Waals surface area contributed by atoms with Crippen LogP contribution in [-0.4, -0.2) is 34.4 Å². The highest BCUT2D eigenvalue weighted by Gasteiger charge is 2.27. The van der Waals surface area contributed by atoms with Gasteiger partial charge in [0.1, 0.15) is 5.82 Å². The lowest BCUT2D eigenvalue weighted by Crippen LogP contribution is -2.44. The number of hydrogen-bond donors (Lipinski definition) is 2. The smallest absolute Gasteiger partial charge is 0.131 e. The summed E-state index contributed by atoms with van der Waals surface area (Å²) in [4.78, 5) is 6.50. The van der Waals surface area contributed by atoms with E-state index in [1.54, 1.807) is 6.20 Å². The Bertz CT molecular complexity index is 409. The number of aliphatic hydroxyl groups is 2. The third kappa shape index (κ3) is 2.65. The van der Waals surface area contributed by atoms with Gasteiger partial charge < -0.3 is 15.1 Å². The molecule has 1 heterocycles. The Kier molecular flexibility index (Phi) is 4.19. The third-order valence-corrected chi connectivity index (χ3v) is 3.82. The maximum absolute atomic E-state index is 10.1. The molecule has 4 nitrogen and oxygen atoms in total. The lowest BCUT2D eigenvalue weighted by Gasteiger charge is -2.36. The number of aliphatic hydroxyl groups excluding tert-OH is 2. The van der Waals surface area contributed by atoms with Crippen molar-refractivity contribution < 1.29 is 10.2 Å². The zero-order valence-corrected chi connectivity index (χ0v) is 11.1.